The van der Waals surface area contributed by atoms with Gasteiger partial charge >= 0.3 is 0 Å². The number of carbonyl (C=O) groups is 1. The minimum absolute atomic E-state index is 0.00270. The molecule has 1 saturated heterocycles. The second-order valence-corrected chi connectivity index (χ2v) is 8.18. The van der Waals surface area contributed by atoms with Gasteiger partial charge in [-0.25, -0.2) is 4.98 Å². The predicted molar refractivity (Wildman–Crippen MR) is 104 cm³/mol. The lowest BCUT2D eigenvalue weighted by Crippen LogP contribution is -2.37. The zero-order valence-electron chi connectivity index (χ0n) is 16.7. The molecule has 11 heteroatoms. The second-order valence-electron chi connectivity index (χ2n) is 8.18. The fourth-order valence-corrected chi connectivity index (χ4v) is 3.79. The summed E-state index contributed by atoms with van der Waals surface area (Å²) in [6, 6.07) is 0. The Morgan fingerprint density at radius 1 is 1.38 bits per heavy atom. The van der Waals surface area contributed by atoms with Crippen LogP contribution in [-0.2, 0) is 4.74 Å². The van der Waals surface area contributed by atoms with E-state index in [1.54, 1.807) is 0 Å². The van der Waals surface area contributed by atoms with Crippen molar-refractivity contribution < 1.29 is 14.3 Å². The number of tetrazole rings is 1. The summed E-state index contributed by atoms with van der Waals surface area (Å²) >= 11 is 0. The highest BCUT2D eigenvalue weighted by Crippen LogP contribution is 2.37. The number of carbonyl (C=O) groups excluding carboxylic acids is 1. The SMILES string of the molecule is CC1(C)CCCC(Oc2nc(N3CCOCC3)ncc2C(=O)Nc2nn[nH]n2)C1. The van der Waals surface area contributed by atoms with Crippen molar-refractivity contribution in [2.75, 3.05) is 36.5 Å². The molecular weight excluding hydrogens is 376 g/mol. The Morgan fingerprint density at radius 3 is 2.93 bits per heavy atom. The van der Waals surface area contributed by atoms with Gasteiger partial charge in [0.2, 0.25) is 11.8 Å². The summed E-state index contributed by atoms with van der Waals surface area (Å²) in [7, 11) is 0. The maximum atomic E-state index is 12.8. The van der Waals surface area contributed by atoms with Gasteiger partial charge in [0.15, 0.2) is 0 Å². The van der Waals surface area contributed by atoms with E-state index in [2.05, 4.69) is 49.8 Å². The first-order valence-corrected chi connectivity index (χ1v) is 9.91. The highest BCUT2D eigenvalue weighted by molar-refractivity contribution is 6.04. The zero-order valence-corrected chi connectivity index (χ0v) is 16.7. The molecule has 1 atom stereocenters. The number of nitrogens with zero attached hydrogens (tertiary/aromatic N) is 6. The molecule has 0 bridgehead atoms. The number of amides is 1. The van der Waals surface area contributed by atoms with Crippen LogP contribution in [0, 0.1) is 5.41 Å². The number of hydrogen-bond donors (Lipinski definition) is 2. The van der Waals surface area contributed by atoms with E-state index in [1.165, 1.54) is 12.6 Å². The average Bonchev–Trinajstić information content (AvgIpc) is 3.21. The quantitative estimate of drug-likeness (QED) is 0.762. The van der Waals surface area contributed by atoms with E-state index in [4.69, 9.17) is 9.47 Å². The molecule has 11 nitrogen and oxygen atoms in total. The van der Waals surface area contributed by atoms with E-state index >= 15 is 0 Å². The van der Waals surface area contributed by atoms with Crippen LogP contribution in [0.4, 0.5) is 11.9 Å². The predicted octanol–water partition coefficient (Wildman–Crippen LogP) is 1.43. The Hall–Kier alpha value is -2.82. The van der Waals surface area contributed by atoms with Crippen LogP contribution < -0.4 is 15.0 Å². The van der Waals surface area contributed by atoms with Crippen molar-refractivity contribution in [2.45, 2.75) is 45.6 Å². The fraction of sp³-hybridized carbons (Fsp3) is 0.667. The first-order chi connectivity index (χ1) is 14.0. The minimum Gasteiger partial charge on any atom is -0.474 e. The van der Waals surface area contributed by atoms with Crippen molar-refractivity contribution >= 4 is 17.8 Å². The van der Waals surface area contributed by atoms with E-state index in [-0.39, 0.29) is 28.9 Å². The van der Waals surface area contributed by atoms with Crippen LogP contribution in [0.15, 0.2) is 6.20 Å². The molecule has 156 valence electrons. The van der Waals surface area contributed by atoms with E-state index in [0.29, 0.717) is 32.3 Å². The maximum Gasteiger partial charge on any atom is 0.270 e. The number of morpholine rings is 1. The molecule has 1 saturated carbocycles. The molecule has 2 aromatic rings. The van der Waals surface area contributed by atoms with Crippen molar-refractivity contribution in [2.24, 2.45) is 5.41 Å². The van der Waals surface area contributed by atoms with Gasteiger partial charge in [0.25, 0.3) is 11.9 Å². The van der Waals surface area contributed by atoms with E-state index in [0.717, 1.165) is 19.3 Å². The van der Waals surface area contributed by atoms with Crippen LogP contribution in [0.3, 0.4) is 0 Å². The third-order valence-corrected chi connectivity index (χ3v) is 5.29. The van der Waals surface area contributed by atoms with Crippen molar-refractivity contribution in [1.82, 2.24) is 30.6 Å². The average molecular weight is 402 g/mol. The first-order valence-electron chi connectivity index (χ1n) is 9.91. The van der Waals surface area contributed by atoms with Gasteiger partial charge in [0, 0.05) is 19.3 Å². The molecule has 1 amide bonds. The summed E-state index contributed by atoms with van der Waals surface area (Å²) in [6.45, 7) is 7.12. The van der Waals surface area contributed by atoms with Gasteiger partial charge in [-0.05, 0) is 36.3 Å². The molecule has 0 radical (unpaired) electrons. The molecule has 2 aromatic heterocycles. The Labute approximate surface area is 168 Å². The summed E-state index contributed by atoms with van der Waals surface area (Å²) in [5.41, 5.74) is 0.450. The molecule has 0 spiro atoms. The number of anilines is 2. The van der Waals surface area contributed by atoms with Crippen molar-refractivity contribution in [3.8, 4) is 5.88 Å². The van der Waals surface area contributed by atoms with Crippen LogP contribution >= 0.6 is 0 Å². The van der Waals surface area contributed by atoms with Gasteiger partial charge in [-0.15, -0.1) is 5.10 Å². The number of aromatic amines is 1. The molecule has 2 fully saturated rings. The molecule has 1 aliphatic carbocycles. The lowest BCUT2D eigenvalue weighted by molar-refractivity contribution is 0.0790. The molecule has 2 aliphatic rings. The molecule has 1 unspecified atom stereocenters. The number of nitrogens with one attached hydrogen (secondary N) is 2. The Kier molecular flexibility index (Phi) is 5.56. The van der Waals surface area contributed by atoms with E-state index in [1.807, 2.05) is 4.90 Å². The Morgan fingerprint density at radius 2 is 2.21 bits per heavy atom. The monoisotopic (exact) mass is 402 g/mol. The van der Waals surface area contributed by atoms with Gasteiger partial charge in [0.05, 0.1) is 13.2 Å². The van der Waals surface area contributed by atoms with Gasteiger partial charge in [-0.3, -0.25) is 10.1 Å². The van der Waals surface area contributed by atoms with Crippen LogP contribution in [-0.4, -0.2) is 68.9 Å². The number of H-pyrrole nitrogens is 1. The summed E-state index contributed by atoms with van der Waals surface area (Å²) in [6.07, 6.45) is 5.60. The number of rotatable bonds is 5. The molecule has 0 aromatic carbocycles. The Bertz CT molecular complexity index is 836. The lowest BCUT2D eigenvalue weighted by Gasteiger charge is -2.35. The Balaban J connectivity index is 1.59. The van der Waals surface area contributed by atoms with Gasteiger partial charge in [-0.2, -0.15) is 10.2 Å². The third-order valence-electron chi connectivity index (χ3n) is 5.29. The topological polar surface area (TPSA) is 131 Å². The molecule has 1 aliphatic heterocycles. The number of ether oxygens (including phenoxy) is 2. The molecule has 4 rings (SSSR count). The second kappa shape index (κ2) is 8.27. The molecule has 2 N–H and O–H groups in total. The lowest BCUT2D eigenvalue weighted by atomic mass is 9.76. The largest absolute Gasteiger partial charge is 0.474 e. The first kappa shape index (κ1) is 19.5. The molecule has 3 heterocycles. The summed E-state index contributed by atoms with van der Waals surface area (Å²) in [5, 5.41) is 15.8. The van der Waals surface area contributed by atoms with Gasteiger partial charge < -0.3 is 14.4 Å². The molecule has 29 heavy (non-hydrogen) atoms. The standard InChI is InChI=1S/C18H26N8O3/c1-18(2)5-3-4-12(10-18)29-15-13(14(27)20-16-22-24-25-23-16)11-19-17(21-15)26-6-8-28-9-7-26/h11-12H,3-10H2,1-2H3,(H2,20,22,23,24,25,27). The van der Waals surface area contributed by atoms with Crippen LogP contribution in [0.2, 0.25) is 0 Å². The van der Waals surface area contributed by atoms with Crippen molar-refractivity contribution in [3.05, 3.63) is 11.8 Å². The van der Waals surface area contributed by atoms with Crippen LogP contribution in [0.25, 0.3) is 0 Å². The van der Waals surface area contributed by atoms with Crippen LogP contribution in [0.1, 0.15) is 49.9 Å². The summed E-state index contributed by atoms with van der Waals surface area (Å²) in [4.78, 5) is 23.8. The molecular formula is C18H26N8O3. The van der Waals surface area contributed by atoms with Crippen molar-refractivity contribution in [3.63, 3.8) is 0 Å². The third kappa shape index (κ3) is 4.78. The van der Waals surface area contributed by atoms with Gasteiger partial charge in [0.1, 0.15) is 11.7 Å². The zero-order chi connectivity index (χ0) is 20.3. The highest BCUT2D eigenvalue weighted by atomic mass is 16.5. The summed E-state index contributed by atoms with van der Waals surface area (Å²) < 4.78 is 11.7. The fourth-order valence-electron chi connectivity index (χ4n) is 3.79. The minimum atomic E-state index is -0.440. The number of hydrogen-bond acceptors (Lipinski definition) is 9. The van der Waals surface area contributed by atoms with Crippen LogP contribution in [0.5, 0.6) is 5.88 Å². The normalized spacial score (nSPS) is 21.6. The number of aromatic nitrogens is 6. The smallest absolute Gasteiger partial charge is 0.270 e. The highest BCUT2D eigenvalue weighted by Gasteiger charge is 2.31. The van der Waals surface area contributed by atoms with E-state index < -0.39 is 5.91 Å². The van der Waals surface area contributed by atoms with E-state index in [9.17, 15) is 4.79 Å². The van der Waals surface area contributed by atoms with Gasteiger partial charge in [-0.1, -0.05) is 18.9 Å². The van der Waals surface area contributed by atoms with Crippen molar-refractivity contribution in [1.29, 1.82) is 0 Å². The maximum absolute atomic E-state index is 12.8. The summed E-state index contributed by atoms with van der Waals surface area (Å²) in [5.74, 6) is 0.460.